The van der Waals surface area contributed by atoms with Gasteiger partial charge in [-0.3, -0.25) is 0 Å². The maximum absolute atomic E-state index is 14.8. The van der Waals surface area contributed by atoms with Crippen molar-refractivity contribution in [3.05, 3.63) is 101 Å². The van der Waals surface area contributed by atoms with E-state index < -0.39 is 23.7 Å². The summed E-state index contributed by atoms with van der Waals surface area (Å²) < 4.78 is 28.9. The van der Waals surface area contributed by atoms with Crippen LogP contribution in [0.1, 0.15) is 22.9 Å². The van der Waals surface area contributed by atoms with Crippen LogP contribution in [0.2, 0.25) is 0 Å². The second kappa shape index (κ2) is 7.30. The fraction of sp³-hybridized carbons (Fsp3) is 0.125. The number of para-hydroxylation sites is 2. The Hall–Kier alpha value is -3.67. The molecule has 5 rings (SSSR count). The van der Waals surface area contributed by atoms with E-state index in [4.69, 9.17) is 0 Å². The van der Waals surface area contributed by atoms with E-state index in [2.05, 4.69) is 10.3 Å². The topological polar surface area (TPSA) is 48.1 Å². The number of fused-ring (bicyclic) bond motifs is 3. The third-order valence-corrected chi connectivity index (χ3v) is 5.61. The average molecular weight is 403 g/mol. The Labute approximate surface area is 172 Å². The van der Waals surface area contributed by atoms with Crippen LogP contribution in [0.15, 0.2) is 72.8 Å². The van der Waals surface area contributed by atoms with Crippen molar-refractivity contribution >= 4 is 22.6 Å². The second-order valence-corrected chi connectivity index (χ2v) is 7.34. The zero-order valence-electron chi connectivity index (χ0n) is 16.0. The van der Waals surface area contributed by atoms with Crippen LogP contribution in [-0.4, -0.2) is 22.5 Å². The van der Waals surface area contributed by atoms with Crippen molar-refractivity contribution < 1.29 is 13.6 Å². The third kappa shape index (κ3) is 3.01. The molecule has 1 aliphatic rings. The number of anilines is 1. The van der Waals surface area contributed by atoms with E-state index in [1.165, 1.54) is 18.2 Å². The number of rotatable bonds is 2. The summed E-state index contributed by atoms with van der Waals surface area (Å²) in [7, 11) is 0. The van der Waals surface area contributed by atoms with Crippen LogP contribution in [0.25, 0.3) is 10.9 Å². The van der Waals surface area contributed by atoms with Crippen LogP contribution in [0.3, 0.4) is 0 Å². The van der Waals surface area contributed by atoms with Crippen LogP contribution in [0.4, 0.5) is 19.3 Å². The van der Waals surface area contributed by atoms with Crippen LogP contribution in [0, 0.1) is 11.6 Å². The van der Waals surface area contributed by atoms with Crippen LogP contribution in [-0.2, 0) is 6.42 Å². The zero-order valence-corrected chi connectivity index (χ0v) is 16.0. The summed E-state index contributed by atoms with van der Waals surface area (Å²) in [6.07, 6.45) is 0.620. The summed E-state index contributed by atoms with van der Waals surface area (Å²) in [6.45, 7) is 0.383. The molecule has 150 valence electrons. The Morgan fingerprint density at radius 1 is 0.933 bits per heavy atom. The van der Waals surface area contributed by atoms with Crippen molar-refractivity contribution in [2.45, 2.75) is 12.5 Å². The summed E-state index contributed by atoms with van der Waals surface area (Å²) >= 11 is 0. The molecule has 2 N–H and O–H groups in total. The minimum atomic E-state index is -0.644. The van der Waals surface area contributed by atoms with Crippen molar-refractivity contribution in [1.82, 2.24) is 9.88 Å². The van der Waals surface area contributed by atoms with Gasteiger partial charge in [-0.25, -0.2) is 13.6 Å². The van der Waals surface area contributed by atoms with Gasteiger partial charge in [0, 0.05) is 28.7 Å². The molecule has 30 heavy (non-hydrogen) atoms. The number of halogens is 2. The van der Waals surface area contributed by atoms with Crippen molar-refractivity contribution in [2.24, 2.45) is 0 Å². The smallest absolute Gasteiger partial charge is 0.322 e. The molecule has 0 radical (unpaired) electrons. The van der Waals surface area contributed by atoms with Gasteiger partial charge in [-0.05, 0) is 36.2 Å². The summed E-state index contributed by atoms with van der Waals surface area (Å²) in [5, 5.41) is 3.71. The molecular formula is C24H19F2N3O. The van der Waals surface area contributed by atoms with E-state index in [-0.39, 0.29) is 5.69 Å². The number of aromatic amines is 1. The largest absolute Gasteiger partial charge is 0.356 e. The van der Waals surface area contributed by atoms with Gasteiger partial charge in [0.05, 0.1) is 5.69 Å². The molecule has 3 aromatic carbocycles. The van der Waals surface area contributed by atoms with Gasteiger partial charge in [-0.1, -0.05) is 48.5 Å². The summed E-state index contributed by atoms with van der Waals surface area (Å²) in [5.74, 6) is -0.908. The standard InChI is InChI=1S/C24H19F2N3O/c25-18-9-3-1-8-17(18)23-22-16(15-7-2-5-11-20(15)27-22)13-14-29(23)24(30)28-21-12-6-4-10-19(21)26/h1-12,23,27H,13-14H2,(H,28,30)/t23-/m0/s1. The second-order valence-electron chi connectivity index (χ2n) is 7.34. The number of H-pyrrole nitrogens is 1. The molecule has 1 aliphatic heterocycles. The number of hydrogen-bond donors (Lipinski definition) is 2. The Morgan fingerprint density at radius 2 is 1.63 bits per heavy atom. The number of carbonyl (C=O) groups is 1. The first-order chi connectivity index (χ1) is 14.6. The van der Waals surface area contributed by atoms with Crippen molar-refractivity contribution in [3.63, 3.8) is 0 Å². The highest BCUT2D eigenvalue weighted by atomic mass is 19.1. The maximum Gasteiger partial charge on any atom is 0.322 e. The van der Waals surface area contributed by atoms with Gasteiger partial charge < -0.3 is 15.2 Å². The Balaban J connectivity index is 1.61. The average Bonchev–Trinajstić information content (AvgIpc) is 3.14. The summed E-state index contributed by atoms with van der Waals surface area (Å²) in [4.78, 5) is 18.1. The van der Waals surface area contributed by atoms with Gasteiger partial charge in [-0.15, -0.1) is 0 Å². The van der Waals surface area contributed by atoms with Crippen molar-refractivity contribution in [3.8, 4) is 0 Å². The predicted octanol–water partition coefficient (Wildman–Crippen LogP) is 5.63. The molecule has 1 aromatic heterocycles. The fourth-order valence-electron chi connectivity index (χ4n) is 4.23. The van der Waals surface area contributed by atoms with Gasteiger partial charge in [-0.2, -0.15) is 0 Å². The number of benzene rings is 3. The molecule has 0 saturated heterocycles. The van der Waals surface area contributed by atoms with E-state index in [1.54, 1.807) is 35.2 Å². The van der Waals surface area contributed by atoms with Gasteiger partial charge >= 0.3 is 6.03 Å². The zero-order chi connectivity index (χ0) is 20.7. The molecule has 4 nitrogen and oxygen atoms in total. The van der Waals surface area contributed by atoms with Crippen LogP contribution < -0.4 is 5.32 Å². The molecule has 2 heterocycles. The number of amides is 2. The van der Waals surface area contributed by atoms with E-state index >= 15 is 0 Å². The molecule has 0 bridgehead atoms. The van der Waals surface area contributed by atoms with Crippen molar-refractivity contribution in [2.75, 3.05) is 11.9 Å². The van der Waals surface area contributed by atoms with Crippen LogP contribution in [0.5, 0.6) is 0 Å². The van der Waals surface area contributed by atoms with E-state index in [9.17, 15) is 13.6 Å². The molecule has 0 aliphatic carbocycles. The molecular weight excluding hydrogens is 384 g/mol. The molecule has 6 heteroatoms. The molecule has 0 saturated carbocycles. The highest BCUT2D eigenvalue weighted by Crippen LogP contribution is 2.39. The van der Waals surface area contributed by atoms with Gasteiger partial charge in [0.2, 0.25) is 0 Å². The SMILES string of the molecule is O=C(Nc1ccccc1F)N1CCc2c([nH]c3ccccc23)[C@@H]1c1ccccc1F. The lowest BCUT2D eigenvalue weighted by Crippen LogP contribution is -2.43. The first-order valence-electron chi connectivity index (χ1n) is 9.79. The maximum atomic E-state index is 14.8. The van der Waals surface area contributed by atoms with E-state index in [0.717, 1.165) is 22.2 Å². The lowest BCUT2D eigenvalue weighted by atomic mass is 9.92. The molecule has 0 unspecified atom stereocenters. The number of urea groups is 1. The first-order valence-corrected chi connectivity index (χ1v) is 9.79. The van der Waals surface area contributed by atoms with Gasteiger partial charge in [0.25, 0.3) is 0 Å². The quantitative estimate of drug-likeness (QED) is 0.448. The normalized spacial score (nSPS) is 15.8. The molecule has 0 spiro atoms. The van der Waals surface area contributed by atoms with Gasteiger partial charge in [0.1, 0.15) is 17.7 Å². The molecule has 4 aromatic rings. The monoisotopic (exact) mass is 403 g/mol. The Bertz CT molecular complexity index is 1250. The minimum Gasteiger partial charge on any atom is -0.356 e. The Kier molecular flexibility index (Phi) is 4.47. The van der Waals surface area contributed by atoms with Gasteiger partial charge in [0.15, 0.2) is 0 Å². The van der Waals surface area contributed by atoms with E-state index in [1.807, 2.05) is 24.3 Å². The number of nitrogens with one attached hydrogen (secondary N) is 2. The third-order valence-electron chi connectivity index (χ3n) is 5.61. The minimum absolute atomic E-state index is 0.0947. The highest BCUT2D eigenvalue weighted by Gasteiger charge is 2.36. The lowest BCUT2D eigenvalue weighted by Gasteiger charge is -2.36. The molecule has 1 atom stereocenters. The first kappa shape index (κ1) is 18.4. The number of nitrogens with zero attached hydrogens (tertiary/aromatic N) is 1. The Morgan fingerprint density at radius 3 is 2.43 bits per heavy atom. The number of carbonyl (C=O) groups excluding carboxylic acids is 1. The summed E-state index contributed by atoms with van der Waals surface area (Å²) in [6, 6.07) is 19.2. The molecule has 2 amide bonds. The number of hydrogen-bond acceptors (Lipinski definition) is 1. The van der Waals surface area contributed by atoms with Crippen LogP contribution >= 0.6 is 0 Å². The fourth-order valence-corrected chi connectivity index (χ4v) is 4.23. The van der Waals surface area contributed by atoms with Crippen molar-refractivity contribution in [1.29, 1.82) is 0 Å². The lowest BCUT2D eigenvalue weighted by molar-refractivity contribution is 0.191. The highest BCUT2D eigenvalue weighted by molar-refractivity contribution is 5.91. The molecule has 0 fully saturated rings. The summed E-state index contributed by atoms with van der Waals surface area (Å²) in [5.41, 5.74) is 3.30. The van der Waals surface area contributed by atoms with E-state index in [0.29, 0.717) is 18.5 Å². The predicted molar refractivity (Wildman–Crippen MR) is 112 cm³/mol. The number of aromatic nitrogens is 1.